The van der Waals surface area contributed by atoms with Gasteiger partial charge in [-0.3, -0.25) is 4.72 Å². The summed E-state index contributed by atoms with van der Waals surface area (Å²) in [6.07, 6.45) is 1.08. The third-order valence-corrected chi connectivity index (χ3v) is 4.84. The Morgan fingerprint density at radius 2 is 2.00 bits per heavy atom. The predicted molar refractivity (Wildman–Crippen MR) is 89.0 cm³/mol. The van der Waals surface area contributed by atoms with E-state index in [1.54, 1.807) is 11.4 Å². The van der Waals surface area contributed by atoms with Crippen molar-refractivity contribution in [2.24, 2.45) is 0 Å². The summed E-state index contributed by atoms with van der Waals surface area (Å²) in [5.41, 5.74) is 2.53. The van der Waals surface area contributed by atoms with Gasteiger partial charge in [0.25, 0.3) is 0 Å². The first-order chi connectivity index (χ1) is 10.1. The fourth-order valence-electron chi connectivity index (χ4n) is 2.00. The van der Waals surface area contributed by atoms with Gasteiger partial charge in [0.15, 0.2) is 0 Å². The van der Waals surface area contributed by atoms with E-state index < -0.39 is 10.0 Å². The molecule has 0 saturated carbocycles. The van der Waals surface area contributed by atoms with Crippen LogP contribution in [0, 0.1) is 0 Å². The van der Waals surface area contributed by atoms with E-state index in [0.717, 1.165) is 30.6 Å². The summed E-state index contributed by atoms with van der Waals surface area (Å²) in [7, 11) is -3.36. The van der Waals surface area contributed by atoms with Gasteiger partial charge < -0.3 is 5.32 Å². The van der Waals surface area contributed by atoms with Crippen LogP contribution in [0.2, 0.25) is 0 Å². The summed E-state index contributed by atoms with van der Waals surface area (Å²) < 4.78 is 26.8. The molecule has 0 bridgehead atoms. The van der Waals surface area contributed by atoms with Crippen molar-refractivity contribution in [3.05, 3.63) is 52.2 Å². The van der Waals surface area contributed by atoms with Crippen molar-refractivity contribution in [1.82, 2.24) is 5.32 Å². The van der Waals surface area contributed by atoms with Gasteiger partial charge in [-0.2, -0.15) is 11.3 Å². The average Bonchev–Trinajstić information content (AvgIpc) is 2.91. The van der Waals surface area contributed by atoms with E-state index in [4.69, 9.17) is 0 Å². The van der Waals surface area contributed by atoms with Crippen LogP contribution >= 0.6 is 11.3 Å². The molecule has 6 heteroatoms. The van der Waals surface area contributed by atoms with Crippen LogP contribution in [0.15, 0.2) is 41.1 Å². The molecular weight excluding hydrogens is 304 g/mol. The molecule has 1 aromatic heterocycles. The van der Waals surface area contributed by atoms with Gasteiger partial charge in [-0.25, -0.2) is 8.42 Å². The molecule has 0 radical (unpaired) electrons. The van der Waals surface area contributed by atoms with Crippen LogP contribution in [0.4, 0.5) is 5.69 Å². The fraction of sp³-hybridized carbons (Fsp3) is 0.333. The minimum absolute atomic E-state index is 0.00946. The van der Waals surface area contributed by atoms with Crippen molar-refractivity contribution in [3.63, 3.8) is 0 Å². The van der Waals surface area contributed by atoms with Gasteiger partial charge in [0.1, 0.15) is 0 Å². The van der Waals surface area contributed by atoms with E-state index in [1.807, 2.05) is 29.6 Å². The number of hydrogen-bond donors (Lipinski definition) is 2. The molecular formula is C15H20N2O2S2. The number of rotatable bonds is 8. The lowest BCUT2D eigenvalue weighted by Gasteiger charge is -2.08. The Morgan fingerprint density at radius 1 is 1.19 bits per heavy atom. The summed E-state index contributed by atoms with van der Waals surface area (Å²) in [6.45, 7) is 3.84. The highest BCUT2D eigenvalue weighted by atomic mass is 32.2. The van der Waals surface area contributed by atoms with Crippen molar-refractivity contribution < 1.29 is 8.42 Å². The highest BCUT2D eigenvalue weighted by Gasteiger charge is 2.12. The monoisotopic (exact) mass is 324 g/mol. The molecule has 0 fully saturated rings. The van der Waals surface area contributed by atoms with Crippen LogP contribution in [-0.4, -0.2) is 15.0 Å². The van der Waals surface area contributed by atoms with E-state index in [-0.39, 0.29) is 5.75 Å². The molecule has 1 aromatic carbocycles. The molecule has 0 aliphatic rings. The lowest BCUT2D eigenvalue weighted by molar-refractivity contribution is 0.600. The number of thiophene rings is 1. The van der Waals surface area contributed by atoms with Crippen molar-refractivity contribution in [1.29, 1.82) is 0 Å². The van der Waals surface area contributed by atoms with Crippen molar-refractivity contribution in [2.45, 2.75) is 25.6 Å². The molecule has 0 atom stereocenters. The normalized spacial score (nSPS) is 11.5. The first-order valence-electron chi connectivity index (χ1n) is 6.90. The quantitative estimate of drug-likeness (QED) is 0.733. The minimum Gasteiger partial charge on any atom is -0.313 e. The number of anilines is 1. The summed E-state index contributed by atoms with van der Waals surface area (Å²) >= 11 is 1.47. The van der Waals surface area contributed by atoms with Crippen LogP contribution in [0.5, 0.6) is 0 Å². The topological polar surface area (TPSA) is 58.2 Å². The summed E-state index contributed by atoms with van der Waals surface area (Å²) in [4.78, 5) is 0. The van der Waals surface area contributed by atoms with Gasteiger partial charge in [-0.15, -0.1) is 0 Å². The van der Waals surface area contributed by atoms with Gasteiger partial charge in [0.2, 0.25) is 10.0 Å². The van der Waals surface area contributed by atoms with E-state index in [9.17, 15) is 8.42 Å². The highest BCUT2D eigenvalue weighted by Crippen LogP contribution is 2.16. The Hall–Kier alpha value is -1.37. The second kappa shape index (κ2) is 7.59. The zero-order chi connectivity index (χ0) is 15.1. The number of benzene rings is 1. The lowest BCUT2D eigenvalue weighted by Crippen LogP contribution is -2.16. The van der Waals surface area contributed by atoms with Crippen LogP contribution in [0.3, 0.4) is 0 Å². The van der Waals surface area contributed by atoms with Crippen molar-refractivity contribution in [2.75, 3.05) is 11.3 Å². The Balaban J connectivity index is 2.00. The maximum absolute atomic E-state index is 12.1. The Morgan fingerprint density at radius 3 is 2.71 bits per heavy atom. The highest BCUT2D eigenvalue weighted by molar-refractivity contribution is 7.91. The Kier molecular flexibility index (Phi) is 5.78. The molecule has 2 rings (SSSR count). The number of nitrogens with one attached hydrogen (secondary N) is 2. The van der Waals surface area contributed by atoms with E-state index in [0.29, 0.717) is 5.69 Å². The number of hydrogen-bond acceptors (Lipinski definition) is 4. The Bertz CT molecular complexity index is 652. The first-order valence-corrected chi connectivity index (χ1v) is 9.50. The molecule has 0 saturated heterocycles. The van der Waals surface area contributed by atoms with E-state index >= 15 is 0 Å². The molecule has 0 unspecified atom stereocenters. The first kappa shape index (κ1) is 16.0. The summed E-state index contributed by atoms with van der Waals surface area (Å²) in [5.74, 6) is -0.00946. The second-order valence-electron chi connectivity index (χ2n) is 4.87. The average molecular weight is 324 g/mol. The van der Waals surface area contributed by atoms with E-state index in [1.165, 1.54) is 11.3 Å². The Labute approximate surface area is 130 Å². The van der Waals surface area contributed by atoms with Gasteiger partial charge >= 0.3 is 0 Å². The molecule has 114 valence electrons. The molecule has 0 aliphatic heterocycles. The third kappa shape index (κ3) is 5.49. The summed E-state index contributed by atoms with van der Waals surface area (Å²) in [6, 6.07) is 9.45. The minimum atomic E-state index is -3.36. The molecule has 0 amide bonds. The molecule has 0 spiro atoms. The smallest absolute Gasteiger partial charge is 0.236 e. The van der Waals surface area contributed by atoms with Crippen molar-refractivity contribution in [3.8, 4) is 0 Å². The fourth-order valence-corrected chi connectivity index (χ4v) is 3.84. The molecule has 4 nitrogen and oxygen atoms in total. The second-order valence-corrected chi connectivity index (χ2v) is 7.37. The van der Waals surface area contributed by atoms with Gasteiger partial charge in [-0.1, -0.05) is 31.2 Å². The third-order valence-electron chi connectivity index (χ3n) is 2.90. The summed E-state index contributed by atoms with van der Waals surface area (Å²) in [5, 5.41) is 6.94. The molecule has 0 aliphatic carbocycles. The molecule has 2 N–H and O–H groups in total. The number of sulfonamides is 1. The van der Waals surface area contributed by atoms with Gasteiger partial charge in [0, 0.05) is 11.9 Å². The van der Waals surface area contributed by atoms with Crippen LogP contribution in [0.25, 0.3) is 0 Å². The van der Waals surface area contributed by atoms with Crippen LogP contribution in [0.1, 0.15) is 24.5 Å². The molecule has 21 heavy (non-hydrogen) atoms. The maximum Gasteiger partial charge on any atom is 0.236 e. The van der Waals surface area contributed by atoms with Gasteiger partial charge in [0.05, 0.1) is 11.4 Å². The van der Waals surface area contributed by atoms with Crippen molar-refractivity contribution >= 4 is 27.0 Å². The van der Waals surface area contributed by atoms with Gasteiger partial charge in [-0.05, 0) is 35.5 Å². The van der Waals surface area contributed by atoms with Crippen LogP contribution < -0.4 is 10.0 Å². The maximum atomic E-state index is 12.1. The largest absolute Gasteiger partial charge is 0.313 e. The molecule has 1 heterocycles. The zero-order valence-electron chi connectivity index (χ0n) is 12.0. The SMILES string of the molecule is CCCNCc1cccc(CS(=O)(=O)Nc2ccsc2)c1. The zero-order valence-corrected chi connectivity index (χ0v) is 13.6. The lowest BCUT2D eigenvalue weighted by atomic mass is 10.1. The molecule has 2 aromatic rings. The standard InChI is InChI=1S/C15H20N2O2S2/c1-2-7-16-10-13-4-3-5-14(9-13)12-21(18,19)17-15-6-8-20-11-15/h3-6,8-9,11,16-17H,2,7,10,12H2,1H3. The predicted octanol–water partition coefficient (Wildman–Crippen LogP) is 3.19. The van der Waals surface area contributed by atoms with E-state index in [2.05, 4.69) is 17.0 Å². The van der Waals surface area contributed by atoms with Crippen LogP contribution in [-0.2, 0) is 22.3 Å².